The molecule has 0 saturated carbocycles. The Hall–Kier alpha value is -2.38. The number of carbonyl (C=O) groups is 1. The monoisotopic (exact) mass is 420 g/mol. The van der Waals surface area contributed by atoms with Gasteiger partial charge in [-0.15, -0.1) is 12.4 Å². The van der Waals surface area contributed by atoms with Gasteiger partial charge < -0.3 is 10.2 Å². The van der Waals surface area contributed by atoms with Crippen molar-refractivity contribution in [3.05, 3.63) is 69.0 Å². The van der Waals surface area contributed by atoms with Gasteiger partial charge in [-0.25, -0.2) is 4.79 Å². The van der Waals surface area contributed by atoms with Gasteiger partial charge in [0.15, 0.2) is 0 Å². The lowest BCUT2D eigenvalue weighted by Gasteiger charge is -2.34. The zero-order valence-electron chi connectivity index (χ0n) is 16.8. The van der Waals surface area contributed by atoms with Crippen LogP contribution >= 0.6 is 12.4 Å². The summed E-state index contributed by atoms with van der Waals surface area (Å²) in [6.07, 6.45) is 4.13. The van der Waals surface area contributed by atoms with Gasteiger partial charge in [0.1, 0.15) is 6.54 Å². The minimum absolute atomic E-state index is 0. The molecule has 1 aliphatic rings. The maximum absolute atomic E-state index is 13.0. The van der Waals surface area contributed by atoms with Crippen molar-refractivity contribution in [3.8, 4) is 0 Å². The second-order valence-corrected chi connectivity index (χ2v) is 7.20. The van der Waals surface area contributed by atoms with Crippen LogP contribution in [0.4, 0.5) is 0 Å². The fraction of sp³-hybridized carbons (Fsp3) is 0.476. The molecule has 2 aromatic rings. The normalized spacial score (nSPS) is 14.2. The van der Waals surface area contributed by atoms with Gasteiger partial charge >= 0.3 is 5.69 Å². The molecule has 0 aliphatic carbocycles. The number of rotatable bonds is 7. The van der Waals surface area contributed by atoms with E-state index in [2.05, 4.69) is 5.32 Å². The van der Waals surface area contributed by atoms with Crippen LogP contribution < -0.4 is 16.6 Å². The summed E-state index contributed by atoms with van der Waals surface area (Å²) >= 11 is 0. The van der Waals surface area contributed by atoms with Gasteiger partial charge in [0.05, 0.1) is 6.54 Å². The summed E-state index contributed by atoms with van der Waals surface area (Å²) in [6.45, 7) is 4.59. The zero-order valence-corrected chi connectivity index (χ0v) is 17.6. The molecule has 1 aliphatic heterocycles. The fourth-order valence-corrected chi connectivity index (χ4v) is 3.70. The van der Waals surface area contributed by atoms with Crippen molar-refractivity contribution in [2.24, 2.45) is 0 Å². The Labute approximate surface area is 176 Å². The van der Waals surface area contributed by atoms with Crippen LogP contribution in [0.15, 0.2) is 52.2 Å². The van der Waals surface area contributed by atoms with E-state index in [1.54, 1.807) is 0 Å². The number of nitrogens with zero attached hydrogens (tertiary/aromatic N) is 3. The standard InChI is InChI=1S/C21H28N4O3.ClH/c1-2-13-24(18-8-11-22-12-9-18)20(27)16-25-19(26)10-14-23(21(25)28)15-17-6-4-3-5-7-17;/h3-7,10,14,18,22H,2,8-9,11-13,15-16H2,1H3;1H. The average Bonchev–Trinajstić information content (AvgIpc) is 2.72. The van der Waals surface area contributed by atoms with Gasteiger partial charge in [0, 0.05) is 24.8 Å². The highest BCUT2D eigenvalue weighted by Crippen LogP contribution is 2.13. The third-order valence-corrected chi connectivity index (χ3v) is 5.16. The largest absolute Gasteiger partial charge is 0.338 e. The molecule has 0 radical (unpaired) electrons. The van der Waals surface area contributed by atoms with Gasteiger partial charge in [-0.1, -0.05) is 37.3 Å². The molecule has 1 aromatic heterocycles. The minimum atomic E-state index is -0.452. The Balaban J connectivity index is 0.00000300. The molecule has 0 atom stereocenters. The van der Waals surface area contributed by atoms with Crippen LogP contribution in [0.2, 0.25) is 0 Å². The molecule has 1 fully saturated rings. The number of hydrogen-bond acceptors (Lipinski definition) is 4. The smallest absolute Gasteiger partial charge is 0.331 e. The van der Waals surface area contributed by atoms with Crippen molar-refractivity contribution < 1.29 is 4.79 Å². The molecule has 1 N–H and O–H groups in total. The highest BCUT2D eigenvalue weighted by molar-refractivity contribution is 5.85. The predicted octanol–water partition coefficient (Wildman–Crippen LogP) is 1.47. The highest BCUT2D eigenvalue weighted by Gasteiger charge is 2.25. The third-order valence-electron chi connectivity index (χ3n) is 5.16. The summed E-state index contributed by atoms with van der Waals surface area (Å²) in [6, 6.07) is 11.1. The summed E-state index contributed by atoms with van der Waals surface area (Å²) in [7, 11) is 0. The lowest BCUT2D eigenvalue weighted by Crippen LogP contribution is -2.50. The number of halogens is 1. The number of benzene rings is 1. The second-order valence-electron chi connectivity index (χ2n) is 7.20. The first-order valence-electron chi connectivity index (χ1n) is 9.94. The number of carbonyl (C=O) groups excluding carboxylic acids is 1. The molecule has 0 bridgehead atoms. The molecule has 7 nitrogen and oxygen atoms in total. The lowest BCUT2D eigenvalue weighted by atomic mass is 10.0. The molecule has 1 aromatic carbocycles. The SMILES string of the molecule is CCCN(C(=O)Cn1c(=O)ccn(Cc2ccccc2)c1=O)C1CCNCC1.Cl. The molecular weight excluding hydrogens is 392 g/mol. The van der Waals surface area contributed by atoms with Crippen molar-refractivity contribution >= 4 is 18.3 Å². The molecular formula is C21H29ClN4O3. The van der Waals surface area contributed by atoms with Gasteiger partial charge in [0.2, 0.25) is 5.91 Å². The maximum Gasteiger partial charge on any atom is 0.331 e. The average molecular weight is 421 g/mol. The Kier molecular flexibility index (Phi) is 8.67. The summed E-state index contributed by atoms with van der Waals surface area (Å²) in [4.78, 5) is 40.0. The van der Waals surface area contributed by atoms with Crippen molar-refractivity contribution in [1.82, 2.24) is 19.4 Å². The van der Waals surface area contributed by atoms with E-state index in [0.717, 1.165) is 42.5 Å². The van der Waals surface area contributed by atoms with Crippen molar-refractivity contribution in [3.63, 3.8) is 0 Å². The van der Waals surface area contributed by atoms with E-state index in [4.69, 9.17) is 0 Å². The third kappa shape index (κ3) is 5.81. The fourth-order valence-electron chi connectivity index (χ4n) is 3.70. The van der Waals surface area contributed by atoms with Gasteiger partial charge in [-0.3, -0.25) is 18.7 Å². The molecule has 29 heavy (non-hydrogen) atoms. The van der Waals surface area contributed by atoms with Crippen LogP contribution in [0.25, 0.3) is 0 Å². The van der Waals surface area contributed by atoms with Crippen LogP contribution in [0.3, 0.4) is 0 Å². The van der Waals surface area contributed by atoms with E-state index in [0.29, 0.717) is 13.1 Å². The second kappa shape index (κ2) is 11.0. The van der Waals surface area contributed by atoms with E-state index < -0.39 is 11.2 Å². The van der Waals surface area contributed by atoms with Crippen molar-refractivity contribution in [1.29, 1.82) is 0 Å². The van der Waals surface area contributed by atoms with Gasteiger partial charge in [-0.05, 0) is 37.9 Å². The van der Waals surface area contributed by atoms with Crippen LogP contribution in [0.5, 0.6) is 0 Å². The number of piperidine rings is 1. The Morgan fingerprint density at radius 2 is 1.83 bits per heavy atom. The first-order valence-corrected chi connectivity index (χ1v) is 9.94. The minimum Gasteiger partial charge on any atom is -0.338 e. The molecule has 0 spiro atoms. The first kappa shape index (κ1) is 22.9. The van der Waals surface area contributed by atoms with Crippen LogP contribution in [0.1, 0.15) is 31.7 Å². The zero-order chi connectivity index (χ0) is 19.9. The quantitative estimate of drug-likeness (QED) is 0.736. The van der Waals surface area contributed by atoms with E-state index in [9.17, 15) is 14.4 Å². The van der Waals surface area contributed by atoms with Crippen LogP contribution in [-0.4, -0.2) is 45.6 Å². The number of hydrogen-bond donors (Lipinski definition) is 1. The Morgan fingerprint density at radius 3 is 2.48 bits per heavy atom. The molecule has 2 heterocycles. The maximum atomic E-state index is 13.0. The van der Waals surface area contributed by atoms with Crippen molar-refractivity contribution in [2.45, 2.75) is 45.3 Å². The van der Waals surface area contributed by atoms with Crippen molar-refractivity contribution in [2.75, 3.05) is 19.6 Å². The molecule has 0 unspecified atom stereocenters. The summed E-state index contributed by atoms with van der Waals surface area (Å²) in [5, 5.41) is 3.30. The number of amides is 1. The Bertz CT molecular complexity index is 904. The van der Waals surface area contributed by atoms with E-state index >= 15 is 0 Å². The summed E-state index contributed by atoms with van der Waals surface area (Å²) in [5.74, 6) is -0.162. The van der Waals surface area contributed by atoms with E-state index in [1.165, 1.54) is 16.8 Å². The summed E-state index contributed by atoms with van der Waals surface area (Å²) < 4.78 is 2.52. The molecule has 8 heteroatoms. The van der Waals surface area contributed by atoms with Crippen LogP contribution in [-0.2, 0) is 17.9 Å². The highest BCUT2D eigenvalue weighted by atomic mass is 35.5. The molecule has 1 amide bonds. The predicted molar refractivity (Wildman–Crippen MR) is 116 cm³/mol. The van der Waals surface area contributed by atoms with Gasteiger partial charge in [-0.2, -0.15) is 0 Å². The van der Waals surface area contributed by atoms with Gasteiger partial charge in [0.25, 0.3) is 5.56 Å². The molecule has 158 valence electrons. The Morgan fingerprint density at radius 1 is 1.14 bits per heavy atom. The van der Waals surface area contributed by atoms with E-state index in [1.807, 2.05) is 42.2 Å². The topological polar surface area (TPSA) is 76.3 Å². The van der Waals surface area contributed by atoms with Crippen LogP contribution in [0, 0.1) is 0 Å². The lowest BCUT2D eigenvalue weighted by molar-refractivity contribution is -0.134. The summed E-state index contributed by atoms with van der Waals surface area (Å²) in [5.41, 5.74) is 0.0688. The molecule has 1 saturated heterocycles. The number of aromatic nitrogens is 2. The molecule has 3 rings (SSSR count). The number of nitrogens with one attached hydrogen (secondary N) is 1. The first-order chi connectivity index (χ1) is 13.6. The van der Waals surface area contributed by atoms with E-state index in [-0.39, 0.29) is 30.9 Å².